The smallest absolute Gasteiger partial charge is 0.112 e. The topological polar surface area (TPSA) is 53.6 Å². The number of likely N-dealkylation sites (N-methyl/N-ethyl adjacent to an activating group) is 2. The molecule has 0 aromatic rings. The van der Waals surface area contributed by atoms with Crippen molar-refractivity contribution in [1.82, 2.24) is 10.2 Å². The van der Waals surface area contributed by atoms with Crippen LogP contribution in [0.5, 0.6) is 0 Å². The molecule has 0 spiro atoms. The first-order valence-electron chi connectivity index (χ1n) is 3.89. The molecule has 1 aliphatic heterocycles. The van der Waals surface area contributed by atoms with Crippen LogP contribution in [0.25, 0.3) is 0 Å². The number of nitrogens with zero attached hydrogens (tertiary/aromatic N) is 2. The third-order valence-corrected chi connectivity index (χ3v) is 1.98. The Morgan fingerprint density at radius 2 is 2.45 bits per heavy atom. The summed E-state index contributed by atoms with van der Waals surface area (Å²) in [5.41, 5.74) is 5.71. The van der Waals surface area contributed by atoms with Gasteiger partial charge in [-0.15, -0.1) is 0 Å². The lowest BCUT2D eigenvalue weighted by molar-refractivity contribution is 0.336. The zero-order chi connectivity index (χ0) is 8.27. The molecule has 0 aliphatic carbocycles. The van der Waals surface area contributed by atoms with Gasteiger partial charge in [-0.25, -0.2) is 0 Å². The van der Waals surface area contributed by atoms with Crippen LogP contribution < -0.4 is 11.1 Å². The molecule has 0 bridgehead atoms. The minimum absolute atomic E-state index is 0.225. The molecule has 0 aromatic heterocycles. The average Bonchev–Trinajstić information content (AvgIpc) is 2.13. The Kier molecular flexibility index (Phi) is 2.84. The lowest BCUT2D eigenvalue weighted by Gasteiger charge is -2.18. The van der Waals surface area contributed by atoms with E-state index in [0.717, 1.165) is 25.5 Å². The van der Waals surface area contributed by atoms with Crippen molar-refractivity contribution in [2.45, 2.75) is 6.04 Å². The van der Waals surface area contributed by atoms with Gasteiger partial charge in [-0.2, -0.15) is 0 Å². The third kappa shape index (κ3) is 2.17. The largest absolute Gasteiger partial charge is 0.386 e. The number of amidine groups is 1. The highest BCUT2D eigenvalue weighted by molar-refractivity contribution is 5.86. The second kappa shape index (κ2) is 3.69. The average molecular weight is 156 g/mol. The zero-order valence-corrected chi connectivity index (χ0v) is 7.17. The standard InChI is InChI=1S/C7H16N4/c1-9-6-5-11(2)4-3-10-7(6)8/h6,9H,3-5H2,1-2H3,(H2,8,10). The maximum absolute atomic E-state index is 5.71. The van der Waals surface area contributed by atoms with Gasteiger partial charge in [0.25, 0.3) is 0 Å². The molecule has 64 valence electrons. The second-order valence-electron chi connectivity index (χ2n) is 2.91. The molecular formula is C7H16N4. The highest BCUT2D eigenvalue weighted by Crippen LogP contribution is 1.95. The summed E-state index contributed by atoms with van der Waals surface area (Å²) in [6, 6.07) is 0.225. The summed E-state index contributed by atoms with van der Waals surface area (Å²) in [5.74, 6) is 0.733. The van der Waals surface area contributed by atoms with E-state index in [1.165, 1.54) is 0 Å². The maximum atomic E-state index is 5.71. The lowest BCUT2D eigenvalue weighted by Crippen LogP contribution is -2.45. The lowest BCUT2D eigenvalue weighted by atomic mass is 10.2. The fourth-order valence-corrected chi connectivity index (χ4v) is 1.20. The Morgan fingerprint density at radius 3 is 3.09 bits per heavy atom. The van der Waals surface area contributed by atoms with Crippen LogP contribution in [0.2, 0.25) is 0 Å². The summed E-state index contributed by atoms with van der Waals surface area (Å²) in [7, 11) is 3.99. The molecule has 1 heterocycles. The van der Waals surface area contributed by atoms with Crippen molar-refractivity contribution in [3.8, 4) is 0 Å². The molecule has 0 saturated heterocycles. The van der Waals surface area contributed by atoms with Crippen molar-refractivity contribution in [3.05, 3.63) is 0 Å². The van der Waals surface area contributed by atoms with Gasteiger partial charge in [-0.3, -0.25) is 4.99 Å². The van der Waals surface area contributed by atoms with Crippen LogP contribution in [0.1, 0.15) is 0 Å². The molecule has 1 rings (SSSR count). The molecule has 11 heavy (non-hydrogen) atoms. The summed E-state index contributed by atoms with van der Waals surface area (Å²) in [4.78, 5) is 6.44. The van der Waals surface area contributed by atoms with E-state index >= 15 is 0 Å². The molecule has 3 N–H and O–H groups in total. The molecular weight excluding hydrogens is 140 g/mol. The first kappa shape index (κ1) is 8.49. The molecule has 0 aromatic carbocycles. The summed E-state index contributed by atoms with van der Waals surface area (Å²) in [6.07, 6.45) is 0. The van der Waals surface area contributed by atoms with Crippen LogP contribution in [0, 0.1) is 0 Å². The Morgan fingerprint density at radius 1 is 1.73 bits per heavy atom. The van der Waals surface area contributed by atoms with Crippen LogP contribution in [-0.4, -0.2) is 50.5 Å². The molecule has 1 aliphatic rings. The zero-order valence-electron chi connectivity index (χ0n) is 7.17. The van der Waals surface area contributed by atoms with Gasteiger partial charge in [-0.1, -0.05) is 0 Å². The second-order valence-corrected chi connectivity index (χ2v) is 2.91. The third-order valence-electron chi connectivity index (χ3n) is 1.98. The quantitative estimate of drug-likeness (QED) is 0.505. The van der Waals surface area contributed by atoms with Crippen LogP contribution in [0.3, 0.4) is 0 Å². The van der Waals surface area contributed by atoms with Crippen molar-refractivity contribution in [2.75, 3.05) is 33.7 Å². The Bertz CT molecular complexity index is 155. The molecule has 0 radical (unpaired) electrons. The molecule has 4 heteroatoms. The van der Waals surface area contributed by atoms with Gasteiger partial charge in [0.05, 0.1) is 12.6 Å². The normalized spacial score (nSPS) is 27.8. The van der Waals surface area contributed by atoms with Gasteiger partial charge in [0.15, 0.2) is 0 Å². The van der Waals surface area contributed by atoms with E-state index in [4.69, 9.17) is 5.73 Å². The van der Waals surface area contributed by atoms with Gasteiger partial charge in [0.1, 0.15) is 5.84 Å². The summed E-state index contributed by atoms with van der Waals surface area (Å²) in [5, 5.41) is 3.13. The Hall–Kier alpha value is -0.610. The molecule has 1 unspecified atom stereocenters. The van der Waals surface area contributed by atoms with Crippen molar-refractivity contribution in [3.63, 3.8) is 0 Å². The highest BCUT2D eigenvalue weighted by Gasteiger charge is 2.15. The fourth-order valence-electron chi connectivity index (χ4n) is 1.20. The Balaban J connectivity index is 2.58. The number of nitrogens with two attached hydrogens (primary N) is 1. The minimum Gasteiger partial charge on any atom is -0.386 e. The predicted octanol–water partition coefficient (Wildman–Crippen LogP) is -1.12. The monoisotopic (exact) mass is 156 g/mol. The van der Waals surface area contributed by atoms with Gasteiger partial charge in [-0.05, 0) is 14.1 Å². The number of aliphatic imine (C=N–C) groups is 1. The minimum atomic E-state index is 0.225. The van der Waals surface area contributed by atoms with Crippen LogP contribution in [-0.2, 0) is 0 Å². The van der Waals surface area contributed by atoms with Crippen molar-refractivity contribution in [1.29, 1.82) is 0 Å². The summed E-state index contributed by atoms with van der Waals surface area (Å²) in [6.45, 7) is 2.77. The van der Waals surface area contributed by atoms with Crippen LogP contribution >= 0.6 is 0 Å². The molecule has 4 nitrogen and oxygen atoms in total. The van der Waals surface area contributed by atoms with Gasteiger partial charge in [0, 0.05) is 13.1 Å². The van der Waals surface area contributed by atoms with Crippen molar-refractivity contribution >= 4 is 5.84 Å². The van der Waals surface area contributed by atoms with E-state index in [9.17, 15) is 0 Å². The number of hydrogen-bond acceptors (Lipinski definition) is 4. The summed E-state index contributed by atoms with van der Waals surface area (Å²) >= 11 is 0. The van der Waals surface area contributed by atoms with E-state index in [-0.39, 0.29) is 6.04 Å². The van der Waals surface area contributed by atoms with E-state index in [1.807, 2.05) is 7.05 Å². The number of hydrogen-bond donors (Lipinski definition) is 2. The fraction of sp³-hybridized carbons (Fsp3) is 0.857. The van der Waals surface area contributed by atoms with Crippen LogP contribution in [0.4, 0.5) is 0 Å². The maximum Gasteiger partial charge on any atom is 0.112 e. The Labute approximate surface area is 67.5 Å². The number of rotatable bonds is 1. The molecule has 0 saturated carbocycles. The first-order valence-corrected chi connectivity index (χ1v) is 3.89. The predicted molar refractivity (Wildman–Crippen MR) is 46.8 cm³/mol. The van der Waals surface area contributed by atoms with E-state index in [0.29, 0.717) is 0 Å². The van der Waals surface area contributed by atoms with Gasteiger partial charge < -0.3 is 16.0 Å². The van der Waals surface area contributed by atoms with E-state index < -0.39 is 0 Å². The summed E-state index contributed by atoms with van der Waals surface area (Å²) < 4.78 is 0. The van der Waals surface area contributed by atoms with Crippen LogP contribution in [0.15, 0.2) is 4.99 Å². The van der Waals surface area contributed by atoms with E-state index in [2.05, 4.69) is 22.3 Å². The first-order chi connectivity index (χ1) is 5.24. The SMILES string of the molecule is CNC1CN(C)CCN=C1N. The van der Waals surface area contributed by atoms with Crippen molar-refractivity contribution < 1.29 is 0 Å². The molecule has 0 amide bonds. The van der Waals surface area contributed by atoms with E-state index in [1.54, 1.807) is 0 Å². The highest BCUT2D eigenvalue weighted by atomic mass is 15.2. The molecule has 1 atom stereocenters. The molecule has 0 fully saturated rings. The number of nitrogens with one attached hydrogen (secondary N) is 1. The van der Waals surface area contributed by atoms with Crippen molar-refractivity contribution in [2.24, 2.45) is 10.7 Å². The van der Waals surface area contributed by atoms with Gasteiger partial charge in [0.2, 0.25) is 0 Å². The van der Waals surface area contributed by atoms with Gasteiger partial charge >= 0.3 is 0 Å².